The Hall–Kier alpha value is -2.66. The van der Waals surface area contributed by atoms with Gasteiger partial charge in [0.2, 0.25) is 5.91 Å². The van der Waals surface area contributed by atoms with Crippen molar-refractivity contribution in [3.8, 4) is 0 Å². The average Bonchev–Trinajstić information content (AvgIpc) is 2.61. The van der Waals surface area contributed by atoms with E-state index in [0.717, 1.165) is 23.1 Å². The van der Waals surface area contributed by atoms with E-state index in [4.69, 9.17) is 4.74 Å². The molecule has 1 amide bonds. The third kappa shape index (κ3) is 4.29. The normalized spacial score (nSPS) is 17.2. The number of ether oxygens (including phenoxy) is 1. The first-order chi connectivity index (χ1) is 12.5. The average molecular weight is 353 g/mol. The predicted octanol–water partition coefficient (Wildman–Crippen LogP) is 3.33. The monoisotopic (exact) mass is 353 g/mol. The number of hydrogen-bond acceptors (Lipinski definition) is 3. The third-order valence-corrected chi connectivity index (χ3v) is 4.74. The molecule has 1 aliphatic heterocycles. The van der Waals surface area contributed by atoms with E-state index in [2.05, 4.69) is 11.4 Å². The van der Waals surface area contributed by atoms with Crippen LogP contribution in [0.25, 0.3) is 0 Å². The Kier molecular flexibility index (Phi) is 5.68. The summed E-state index contributed by atoms with van der Waals surface area (Å²) in [5.41, 5.74) is 4.03. The van der Waals surface area contributed by atoms with Crippen molar-refractivity contribution in [3.05, 3.63) is 70.8 Å². The summed E-state index contributed by atoms with van der Waals surface area (Å²) in [5.74, 6) is -1.15. The number of rotatable bonds is 6. The van der Waals surface area contributed by atoms with Crippen LogP contribution in [0.2, 0.25) is 0 Å². The first-order valence-corrected chi connectivity index (χ1v) is 8.80. The van der Waals surface area contributed by atoms with Gasteiger partial charge in [0.05, 0.1) is 31.6 Å². The van der Waals surface area contributed by atoms with Crippen LogP contribution in [0.3, 0.4) is 0 Å². The number of carbonyl (C=O) groups is 2. The molecule has 0 fully saturated rings. The molecule has 0 unspecified atom stereocenters. The van der Waals surface area contributed by atoms with Crippen LogP contribution in [0.4, 0.5) is 0 Å². The molecular formula is C21H23NO4. The standard InChI is InChI=1S/C21H23NO4/c1-14-6-2-4-8-16(14)18(12-21(24)25)22-20(23)13-19-17-9-5-3-7-15(17)10-11-26-19/h2-9,18-19H,10-13H2,1H3,(H,22,23)(H,24,25)/t18-,19+/m0/s1. The van der Waals surface area contributed by atoms with Gasteiger partial charge >= 0.3 is 5.97 Å². The minimum absolute atomic E-state index is 0.154. The SMILES string of the molecule is Cc1ccccc1[C@H](CC(=O)O)NC(=O)C[C@H]1OCCc2ccccc21. The van der Waals surface area contributed by atoms with Gasteiger partial charge in [0.15, 0.2) is 0 Å². The lowest BCUT2D eigenvalue weighted by Crippen LogP contribution is -2.32. The Bertz CT molecular complexity index is 802. The van der Waals surface area contributed by atoms with E-state index in [1.807, 2.05) is 49.4 Å². The molecule has 0 saturated carbocycles. The number of nitrogens with one attached hydrogen (secondary N) is 1. The fourth-order valence-corrected chi connectivity index (χ4v) is 3.46. The number of amides is 1. The van der Waals surface area contributed by atoms with Crippen molar-refractivity contribution in [2.45, 2.75) is 38.3 Å². The number of carboxylic acids is 1. The molecule has 2 atom stereocenters. The van der Waals surface area contributed by atoms with E-state index in [0.29, 0.717) is 6.61 Å². The van der Waals surface area contributed by atoms with Gasteiger partial charge < -0.3 is 15.2 Å². The van der Waals surface area contributed by atoms with E-state index in [9.17, 15) is 14.7 Å². The molecule has 1 aliphatic rings. The van der Waals surface area contributed by atoms with Gasteiger partial charge in [-0.15, -0.1) is 0 Å². The Balaban J connectivity index is 1.73. The maximum absolute atomic E-state index is 12.6. The first kappa shape index (κ1) is 18.1. The van der Waals surface area contributed by atoms with Crippen molar-refractivity contribution in [1.82, 2.24) is 5.32 Å². The van der Waals surface area contributed by atoms with Crippen LogP contribution in [0.1, 0.15) is 47.2 Å². The van der Waals surface area contributed by atoms with Crippen LogP contribution >= 0.6 is 0 Å². The lowest BCUT2D eigenvalue weighted by molar-refractivity contribution is -0.137. The van der Waals surface area contributed by atoms with Gasteiger partial charge in [0, 0.05) is 0 Å². The highest BCUT2D eigenvalue weighted by molar-refractivity contribution is 5.78. The van der Waals surface area contributed by atoms with Gasteiger partial charge in [-0.2, -0.15) is 0 Å². The number of fused-ring (bicyclic) bond motifs is 1. The first-order valence-electron chi connectivity index (χ1n) is 8.80. The molecule has 5 heteroatoms. The van der Waals surface area contributed by atoms with Crippen molar-refractivity contribution in [3.63, 3.8) is 0 Å². The van der Waals surface area contributed by atoms with E-state index in [-0.39, 0.29) is 24.9 Å². The van der Waals surface area contributed by atoms with Crippen LogP contribution in [0.15, 0.2) is 48.5 Å². The highest BCUT2D eigenvalue weighted by Crippen LogP contribution is 2.30. The van der Waals surface area contributed by atoms with Crippen LogP contribution in [-0.2, 0) is 20.7 Å². The Morgan fingerprint density at radius 2 is 1.92 bits per heavy atom. The highest BCUT2D eigenvalue weighted by atomic mass is 16.5. The summed E-state index contributed by atoms with van der Waals surface area (Å²) in [4.78, 5) is 23.9. The molecule has 2 N–H and O–H groups in total. The van der Waals surface area contributed by atoms with Gasteiger partial charge in [-0.1, -0.05) is 48.5 Å². The van der Waals surface area contributed by atoms with Crippen molar-refractivity contribution in [2.24, 2.45) is 0 Å². The molecule has 0 saturated heterocycles. The van der Waals surface area contributed by atoms with Crippen LogP contribution in [0, 0.1) is 6.92 Å². The highest BCUT2D eigenvalue weighted by Gasteiger charge is 2.25. The Morgan fingerprint density at radius 1 is 1.19 bits per heavy atom. The molecule has 0 aliphatic carbocycles. The fraction of sp³-hybridized carbons (Fsp3) is 0.333. The molecule has 26 heavy (non-hydrogen) atoms. The molecule has 2 aromatic carbocycles. The molecule has 5 nitrogen and oxygen atoms in total. The number of hydrogen-bond donors (Lipinski definition) is 2. The van der Waals surface area contributed by atoms with E-state index >= 15 is 0 Å². The fourth-order valence-electron chi connectivity index (χ4n) is 3.46. The van der Waals surface area contributed by atoms with Gasteiger partial charge in [0.1, 0.15) is 0 Å². The molecule has 2 aromatic rings. The van der Waals surface area contributed by atoms with E-state index in [1.165, 1.54) is 5.56 Å². The summed E-state index contributed by atoms with van der Waals surface area (Å²) in [7, 11) is 0. The molecular weight excluding hydrogens is 330 g/mol. The molecule has 1 heterocycles. The molecule has 0 spiro atoms. The van der Waals surface area contributed by atoms with Gasteiger partial charge in [0.25, 0.3) is 0 Å². The summed E-state index contributed by atoms with van der Waals surface area (Å²) in [6, 6.07) is 14.9. The van der Waals surface area contributed by atoms with E-state index < -0.39 is 12.0 Å². The largest absolute Gasteiger partial charge is 0.481 e. The lowest BCUT2D eigenvalue weighted by atomic mass is 9.95. The van der Waals surface area contributed by atoms with Gasteiger partial charge in [-0.25, -0.2) is 0 Å². The topological polar surface area (TPSA) is 75.6 Å². The van der Waals surface area contributed by atoms with Crippen LogP contribution in [0.5, 0.6) is 0 Å². The Morgan fingerprint density at radius 3 is 2.69 bits per heavy atom. The zero-order valence-electron chi connectivity index (χ0n) is 14.8. The number of benzene rings is 2. The zero-order valence-corrected chi connectivity index (χ0v) is 14.8. The predicted molar refractivity (Wildman–Crippen MR) is 97.8 cm³/mol. The number of aliphatic carboxylic acids is 1. The van der Waals surface area contributed by atoms with Crippen molar-refractivity contribution < 1.29 is 19.4 Å². The summed E-state index contributed by atoms with van der Waals surface area (Å²) in [6.07, 6.45) is 0.582. The van der Waals surface area contributed by atoms with Gasteiger partial charge in [-0.3, -0.25) is 9.59 Å². The van der Waals surface area contributed by atoms with Crippen molar-refractivity contribution in [1.29, 1.82) is 0 Å². The second-order valence-electron chi connectivity index (χ2n) is 6.59. The molecule has 3 rings (SSSR count). The molecule has 0 bridgehead atoms. The summed E-state index contributed by atoms with van der Waals surface area (Å²) < 4.78 is 5.79. The lowest BCUT2D eigenvalue weighted by Gasteiger charge is -2.27. The zero-order chi connectivity index (χ0) is 18.5. The van der Waals surface area contributed by atoms with E-state index in [1.54, 1.807) is 0 Å². The smallest absolute Gasteiger partial charge is 0.305 e. The second-order valence-corrected chi connectivity index (χ2v) is 6.59. The molecule has 0 radical (unpaired) electrons. The summed E-state index contributed by atoms with van der Waals surface area (Å²) >= 11 is 0. The quantitative estimate of drug-likeness (QED) is 0.835. The van der Waals surface area contributed by atoms with Crippen LogP contribution in [-0.4, -0.2) is 23.6 Å². The maximum Gasteiger partial charge on any atom is 0.305 e. The number of carbonyl (C=O) groups excluding carboxylic acids is 1. The minimum atomic E-state index is -0.946. The van der Waals surface area contributed by atoms with Crippen LogP contribution < -0.4 is 5.32 Å². The minimum Gasteiger partial charge on any atom is -0.481 e. The summed E-state index contributed by atoms with van der Waals surface area (Å²) in [6.45, 7) is 2.50. The summed E-state index contributed by atoms with van der Waals surface area (Å²) in [5, 5.41) is 12.1. The number of aryl methyl sites for hydroxylation is 1. The Labute approximate surface area is 153 Å². The maximum atomic E-state index is 12.6. The van der Waals surface area contributed by atoms with Crippen molar-refractivity contribution in [2.75, 3.05) is 6.61 Å². The van der Waals surface area contributed by atoms with Gasteiger partial charge in [-0.05, 0) is 35.6 Å². The molecule has 136 valence electrons. The molecule has 0 aromatic heterocycles. The second kappa shape index (κ2) is 8.15. The van der Waals surface area contributed by atoms with Crippen molar-refractivity contribution >= 4 is 11.9 Å². The number of carboxylic acid groups (broad SMARTS) is 1. The third-order valence-electron chi connectivity index (χ3n) is 4.74.